The van der Waals surface area contributed by atoms with E-state index in [0.717, 1.165) is 0 Å². The summed E-state index contributed by atoms with van der Waals surface area (Å²) in [4.78, 5) is 0. The van der Waals surface area contributed by atoms with Crippen LogP contribution in [-0.2, 0) is 5.41 Å². The molecule has 66 heavy (non-hydrogen) atoms. The molecule has 1 heterocycles. The van der Waals surface area contributed by atoms with Crippen molar-refractivity contribution in [3.8, 4) is 50.2 Å². The van der Waals surface area contributed by atoms with E-state index in [2.05, 4.69) is 241 Å². The number of hydrogen-bond acceptors (Lipinski definition) is 0. The number of aromatic nitrogens is 1. The lowest BCUT2D eigenvalue weighted by Gasteiger charge is -2.30. The first-order chi connectivity index (χ1) is 32.7. The molecule has 304 valence electrons. The van der Waals surface area contributed by atoms with Crippen molar-refractivity contribution in [1.29, 1.82) is 0 Å². The second kappa shape index (κ2) is 13.3. The standard InChI is InChI=1S/C65H39N/c1-2-18-46(19-3-1)66-61-29-15-12-22-49(61)56-37-44(32-33-62(56)66)64-52-25-8-6-23-50(52)63(51-24-7-9-26-53(51)64)43-31-30-42-36-55-54-35-40-16-4-5-17-41(40)38-59(54)65(60(55)39-45(42)34-43)57-27-13-10-20-47(57)48-21-11-14-28-58(48)65/h1-39H. The maximum absolute atomic E-state index is 2.54. The number of fused-ring (bicyclic) bond motifs is 17. The highest BCUT2D eigenvalue weighted by atomic mass is 15.0. The van der Waals surface area contributed by atoms with Gasteiger partial charge in [-0.05, 0) is 171 Å². The minimum atomic E-state index is -0.429. The van der Waals surface area contributed by atoms with E-state index in [9.17, 15) is 0 Å². The fourth-order valence-electron chi connectivity index (χ4n) is 12.5. The zero-order chi connectivity index (χ0) is 43.1. The molecule has 1 nitrogen and oxygen atoms in total. The normalized spacial score (nSPS) is 13.3. The Bertz CT molecular complexity index is 4120. The molecule has 2 aliphatic carbocycles. The molecule has 0 N–H and O–H groups in total. The van der Waals surface area contributed by atoms with Crippen LogP contribution in [0, 0.1) is 0 Å². The van der Waals surface area contributed by atoms with Gasteiger partial charge in [-0.15, -0.1) is 0 Å². The zero-order valence-corrected chi connectivity index (χ0v) is 36.0. The largest absolute Gasteiger partial charge is 0.309 e. The van der Waals surface area contributed by atoms with E-state index in [-0.39, 0.29) is 0 Å². The maximum Gasteiger partial charge on any atom is 0.0725 e. The lowest BCUT2D eigenvalue weighted by Crippen LogP contribution is -2.25. The predicted octanol–water partition coefficient (Wildman–Crippen LogP) is 17.1. The number of rotatable bonds is 3. The van der Waals surface area contributed by atoms with Crippen molar-refractivity contribution in [2.24, 2.45) is 0 Å². The van der Waals surface area contributed by atoms with Gasteiger partial charge in [-0.3, -0.25) is 0 Å². The summed E-state index contributed by atoms with van der Waals surface area (Å²) in [5, 5.41) is 12.6. The average Bonchev–Trinajstić information content (AvgIpc) is 3.97. The van der Waals surface area contributed by atoms with Crippen molar-refractivity contribution >= 4 is 64.9 Å². The SMILES string of the molecule is c1ccc(-n2c3ccccc3c3cc(-c4c5ccccc5c(-c5ccc6cc7c(cc6c5)C5(c6ccccc6-c6ccccc65)c5cc6ccccc6cc5-7)c5ccccc45)ccc32)cc1. The Labute approximate surface area is 382 Å². The average molecular weight is 834 g/mol. The molecule has 15 rings (SSSR count). The van der Waals surface area contributed by atoms with Crippen molar-refractivity contribution in [2.45, 2.75) is 5.41 Å². The third-order valence-electron chi connectivity index (χ3n) is 15.1. The molecule has 1 heteroatoms. The van der Waals surface area contributed by atoms with Gasteiger partial charge in [-0.2, -0.15) is 0 Å². The topological polar surface area (TPSA) is 4.93 Å². The molecular formula is C65H39N. The third-order valence-corrected chi connectivity index (χ3v) is 15.1. The summed E-state index contributed by atoms with van der Waals surface area (Å²) >= 11 is 0. The monoisotopic (exact) mass is 833 g/mol. The van der Waals surface area contributed by atoms with Gasteiger partial charge in [0.1, 0.15) is 0 Å². The van der Waals surface area contributed by atoms with Crippen LogP contribution < -0.4 is 0 Å². The molecule has 1 aromatic heterocycles. The fraction of sp³-hybridized carbons (Fsp3) is 0.0154. The Kier molecular flexibility index (Phi) is 7.21. The molecule has 0 amide bonds. The van der Waals surface area contributed by atoms with Gasteiger partial charge in [0, 0.05) is 16.5 Å². The van der Waals surface area contributed by atoms with Crippen LogP contribution in [0.2, 0.25) is 0 Å². The molecule has 0 fully saturated rings. The number of benzene rings is 12. The van der Waals surface area contributed by atoms with Crippen LogP contribution in [0.25, 0.3) is 115 Å². The number of para-hydroxylation sites is 2. The van der Waals surface area contributed by atoms with E-state index in [1.165, 1.54) is 137 Å². The molecule has 0 unspecified atom stereocenters. The second-order valence-corrected chi connectivity index (χ2v) is 18.3. The van der Waals surface area contributed by atoms with E-state index < -0.39 is 5.41 Å². The van der Waals surface area contributed by atoms with Crippen molar-refractivity contribution in [3.63, 3.8) is 0 Å². The van der Waals surface area contributed by atoms with Crippen molar-refractivity contribution in [1.82, 2.24) is 4.57 Å². The molecular weight excluding hydrogens is 795 g/mol. The van der Waals surface area contributed by atoms with Gasteiger partial charge in [-0.1, -0.05) is 176 Å². The predicted molar refractivity (Wildman–Crippen MR) is 278 cm³/mol. The van der Waals surface area contributed by atoms with Crippen LogP contribution in [0.1, 0.15) is 22.3 Å². The maximum atomic E-state index is 2.54. The van der Waals surface area contributed by atoms with Gasteiger partial charge in [-0.25, -0.2) is 0 Å². The van der Waals surface area contributed by atoms with E-state index in [4.69, 9.17) is 0 Å². The summed E-state index contributed by atoms with van der Waals surface area (Å²) in [6.45, 7) is 0. The second-order valence-electron chi connectivity index (χ2n) is 18.3. The zero-order valence-electron chi connectivity index (χ0n) is 36.0. The highest BCUT2D eigenvalue weighted by Gasteiger charge is 2.51. The van der Waals surface area contributed by atoms with E-state index >= 15 is 0 Å². The fourth-order valence-corrected chi connectivity index (χ4v) is 12.5. The summed E-state index contributed by atoms with van der Waals surface area (Å²) in [6.07, 6.45) is 0. The number of nitrogens with zero attached hydrogens (tertiary/aromatic N) is 1. The quantitative estimate of drug-likeness (QED) is 0.156. The first-order valence-electron chi connectivity index (χ1n) is 23.1. The Morgan fingerprint density at radius 1 is 0.258 bits per heavy atom. The van der Waals surface area contributed by atoms with Crippen LogP contribution in [0.4, 0.5) is 0 Å². The van der Waals surface area contributed by atoms with Crippen molar-refractivity contribution in [2.75, 3.05) is 0 Å². The summed E-state index contributed by atoms with van der Waals surface area (Å²) in [6, 6.07) is 89.0. The van der Waals surface area contributed by atoms with Crippen LogP contribution in [0.3, 0.4) is 0 Å². The van der Waals surface area contributed by atoms with Gasteiger partial charge < -0.3 is 4.57 Å². The summed E-state index contributed by atoms with van der Waals surface area (Å²) in [7, 11) is 0. The van der Waals surface area contributed by atoms with Gasteiger partial charge in [0.15, 0.2) is 0 Å². The molecule has 12 aromatic carbocycles. The molecule has 0 saturated carbocycles. The first kappa shape index (κ1) is 35.9. The molecule has 2 aliphatic rings. The smallest absolute Gasteiger partial charge is 0.0725 e. The van der Waals surface area contributed by atoms with Gasteiger partial charge >= 0.3 is 0 Å². The summed E-state index contributed by atoms with van der Waals surface area (Å²) in [5.41, 5.74) is 18.9. The molecule has 1 spiro atoms. The lowest BCUT2D eigenvalue weighted by molar-refractivity contribution is 0.796. The van der Waals surface area contributed by atoms with Crippen LogP contribution >= 0.6 is 0 Å². The Balaban J connectivity index is 0.970. The van der Waals surface area contributed by atoms with E-state index in [0.29, 0.717) is 0 Å². The molecule has 13 aromatic rings. The Morgan fingerprint density at radius 3 is 1.35 bits per heavy atom. The van der Waals surface area contributed by atoms with Crippen molar-refractivity contribution < 1.29 is 0 Å². The Morgan fingerprint density at radius 2 is 0.712 bits per heavy atom. The third kappa shape index (κ3) is 4.68. The van der Waals surface area contributed by atoms with Crippen LogP contribution in [0.15, 0.2) is 237 Å². The highest BCUT2D eigenvalue weighted by Crippen LogP contribution is 2.63. The van der Waals surface area contributed by atoms with E-state index in [1.54, 1.807) is 0 Å². The minimum Gasteiger partial charge on any atom is -0.309 e. The van der Waals surface area contributed by atoms with E-state index in [1.807, 2.05) is 0 Å². The molecule has 0 aliphatic heterocycles. The van der Waals surface area contributed by atoms with Crippen LogP contribution in [0.5, 0.6) is 0 Å². The van der Waals surface area contributed by atoms with Gasteiger partial charge in [0.25, 0.3) is 0 Å². The minimum absolute atomic E-state index is 0.429. The molecule has 0 atom stereocenters. The molecule has 0 saturated heterocycles. The summed E-state index contributed by atoms with van der Waals surface area (Å²) < 4.78 is 2.40. The number of hydrogen-bond donors (Lipinski definition) is 0. The first-order valence-corrected chi connectivity index (χ1v) is 23.1. The Hall–Kier alpha value is -8.52. The molecule has 0 bridgehead atoms. The van der Waals surface area contributed by atoms with Crippen molar-refractivity contribution in [3.05, 3.63) is 259 Å². The molecule has 0 radical (unpaired) electrons. The highest BCUT2D eigenvalue weighted by molar-refractivity contribution is 6.23. The van der Waals surface area contributed by atoms with Crippen LogP contribution in [-0.4, -0.2) is 4.57 Å². The van der Waals surface area contributed by atoms with Gasteiger partial charge in [0.05, 0.1) is 16.4 Å². The van der Waals surface area contributed by atoms with Gasteiger partial charge in [0.2, 0.25) is 0 Å². The summed E-state index contributed by atoms with van der Waals surface area (Å²) in [5.74, 6) is 0. The lowest BCUT2D eigenvalue weighted by atomic mass is 9.70.